The third-order valence-electron chi connectivity index (χ3n) is 3.99. The average Bonchev–Trinajstić information content (AvgIpc) is 2.30. The molecule has 1 saturated heterocycles. The van der Waals surface area contributed by atoms with Crippen LogP contribution in [-0.4, -0.2) is 23.8 Å². The second-order valence-corrected chi connectivity index (χ2v) is 5.74. The molecule has 0 bridgehead atoms. The minimum Gasteiger partial charge on any atom is -0.396 e. The molecule has 3 heteroatoms. The highest BCUT2D eigenvalue weighted by atomic mass is 35.5. The van der Waals surface area contributed by atoms with Crippen molar-refractivity contribution in [3.8, 4) is 0 Å². The standard InChI is InChI=1S/C14H20ClNO/c1-14(2)11(10-17)4-3-9-16(14)13-7-5-12(15)6-8-13/h5-8,11,17H,3-4,9-10H2,1-2H3. The van der Waals surface area contributed by atoms with Gasteiger partial charge in [-0.2, -0.15) is 0 Å². The van der Waals surface area contributed by atoms with Crippen molar-refractivity contribution in [2.45, 2.75) is 32.2 Å². The van der Waals surface area contributed by atoms with Gasteiger partial charge in [0.1, 0.15) is 0 Å². The Bertz CT molecular complexity index is 374. The Morgan fingerprint density at radius 1 is 1.35 bits per heavy atom. The Hall–Kier alpha value is -0.730. The van der Waals surface area contributed by atoms with Gasteiger partial charge in [-0.3, -0.25) is 0 Å². The largest absolute Gasteiger partial charge is 0.396 e. The molecular formula is C14H20ClNO. The summed E-state index contributed by atoms with van der Waals surface area (Å²) < 4.78 is 0. The monoisotopic (exact) mass is 253 g/mol. The SMILES string of the molecule is CC1(C)C(CO)CCCN1c1ccc(Cl)cc1. The average molecular weight is 254 g/mol. The first kappa shape index (κ1) is 12.7. The zero-order valence-electron chi connectivity index (χ0n) is 10.5. The molecule has 94 valence electrons. The smallest absolute Gasteiger partial charge is 0.0481 e. The highest BCUT2D eigenvalue weighted by molar-refractivity contribution is 6.30. The van der Waals surface area contributed by atoms with Crippen LogP contribution < -0.4 is 4.90 Å². The lowest BCUT2D eigenvalue weighted by atomic mass is 9.79. The van der Waals surface area contributed by atoms with E-state index >= 15 is 0 Å². The van der Waals surface area contributed by atoms with Gasteiger partial charge in [-0.15, -0.1) is 0 Å². The van der Waals surface area contributed by atoms with E-state index in [0.717, 1.165) is 24.4 Å². The molecule has 0 radical (unpaired) electrons. The van der Waals surface area contributed by atoms with Gasteiger partial charge in [-0.05, 0) is 51.0 Å². The first-order chi connectivity index (χ1) is 8.05. The Balaban J connectivity index is 2.27. The summed E-state index contributed by atoms with van der Waals surface area (Å²) in [5.74, 6) is 0.340. The third-order valence-corrected chi connectivity index (χ3v) is 4.24. The number of piperidine rings is 1. The summed E-state index contributed by atoms with van der Waals surface area (Å²) in [4.78, 5) is 2.38. The van der Waals surface area contributed by atoms with Crippen molar-refractivity contribution in [1.82, 2.24) is 0 Å². The van der Waals surface area contributed by atoms with Gasteiger partial charge in [-0.25, -0.2) is 0 Å². The molecule has 2 nitrogen and oxygen atoms in total. The summed E-state index contributed by atoms with van der Waals surface area (Å²) in [6, 6.07) is 7.97. The number of aliphatic hydroxyl groups excluding tert-OH is 1. The maximum Gasteiger partial charge on any atom is 0.0481 e. The summed E-state index contributed by atoms with van der Waals surface area (Å²) in [6.07, 6.45) is 2.24. The molecule has 1 heterocycles. The van der Waals surface area contributed by atoms with Crippen molar-refractivity contribution >= 4 is 17.3 Å². The van der Waals surface area contributed by atoms with Gasteiger partial charge in [-0.1, -0.05) is 11.6 Å². The van der Waals surface area contributed by atoms with E-state index in [2.05, 4.69) is 30.9 Å². The fraction of sp³-hybridized carbons (Fsp3) is 0.571. The second-order valence-electron chi connectivity index (χ2n) is 5.30. The number of aliphatic hydroxyl groups is 1. The highest BCUT2D eigenvalue weighted by Crippen LogP contribution is 2.36. The molecule has 1 unspecified atom stereocenters. The zero-order valence-corrected chi connectivity index (χ0v) is 11.2. The first-order valence-electron chi connectivity index (χ1n) is 6.20. The van der Waals surface area contributed by atoms with Crippen molar-refractivity contribution in [2.75, 3.05) is 18.1 Å². The number of hydrogen-bond acceptors (Lipinski definition) is 2. The molecule has 0 spiro atoms. The van der Waals surface area contributed by atoms with Gasteiger partial charge >= 0.3 is 0 Å². The van der Waals surface area contributed by atoms with Gasteiger partial charge in [0.15, 0.2) is 0 Å². The van der Waals surface area contributed by atoms with Crippen LogP contribution in [0.4, 0.5) is 5.69 Å². The van der Waals surface area contributed by atoms with E-state index in [9.17, 15) is 5.11 Å². The van der Waals surface area contributed by atoms with Crippen LogP contribution >= 0.6 is 11.6 Å². The van der Waals surface area contributed by atoms with Gasteiger partial charge in [0.2, 0.25) is 0 Å². The van der Waals surface area contributed by atoms with Crippen molar-refractivity contribution in [2.24, 2.45) is 5.92 Å². The Kier molecular flexibility index (Phi) is 3.64. The number of hydrogen-bond donors (Lipinski definition) is 1. The summed E-state index contributed by atoms with van der Waals surface area (Å²) in [5.41, 5.74) is 1.19. The first-order valence-corrected chi connectivity index (χ1v) is 6.57. The molecular weight excluding hydrogens is 234 g/mol. The lowest BCUT2D eigenvalue weighted by Crippen LogP contribution is -2.54. The van der Waals surface area contributed by atoms with Crippen LogP contribution in [-0.2, 0) is 0 Å². The minimum atomic E-state index is 0.000823. The fourth-order valence-corrected chi connectivity index (χ4v) is 2.88. The van der Waals surface area contributed by atoms with E-state index in [1.807, 2.05) is 12.1 Å². The number of benzene rings is 1. The highest BCUT2D eigenvalue weighted by Gasteiger charge is 2.38. The van der Waals surface area contributed by atoms with Gasteiger partial charge in [0.25, 0.3) is 0 Å². The number of rotatable bonds is 2. The number of halogens is 1. The molecule has 1 atom stereocenters. The quantitative estimate of drug-likeness (QED) is 0.874. The number of anilines is 1. The van der Waals surface area contributed by atoms with Gasteiger partial charge in [0, 0.05) is 35.3 Å². The second kappa shape index (κ2) is 4.87. The molecule has 1 aliphatic heterocycles. The predicted octanol–water partition coefficient (Wildman–Crippen LogP) is 3.33. The maximum atomic E-state index is 9.49. The van der Waals surface area contributed by atoms with Crippen LogP contribution in [0.5, 0.6) is 0 Å². The minimum absolute atomic E-state index is 0.000823. The third kappa shape index (κ3) is 2.43. The molecule has 0 saturated carbocycles. The normalized spacial score (nSPS) is 23.8. The molecule has 2 rings (SSSR count). The van der Waals surface area contributed by atoms with Gasteiger partial charge < -0.3 is 10.0 Å². The Morgan fingerprint density at radius 3 is 2.59 bits per heavy atom. The van der Waals surface area contributed by atoms with E-state index < -0.39 is 0 Å². The van der Waals surface area contributed by atoms with Crippen LogP contribution in [0.2, 0.25) is 5.02 Å². The van der Waals surface area contributed by atoms with Crippen LogP contribution in [0.15, 0.2) is 24.3 Å². The van der Waals surface area contributed by atoms with Crippen LogP contribution in [0, 0.1) is 5.92 Å². The summed E-state index contributed by atoms with van der Waals surface area (Å²) in [7, 11) is 0. The molecule has 0 amide bonds. The Labute approximate surface area is 108 Å². The lowest BCUT2D eigenvalue weighted by molar-refractivity contribution is 0.136. The van der Waals surface area contributed by atoms with Crippen molar-refractivity contribution in [3.05, 3.63) is 29.3 Å². The van der Waals surface area contributed by atoms with E-state index in [1.54, 1.807) is 0 Å². The van der Waals surface area contributed by atoms with Crippen LogP contribution in [0.1, 0.15) is 26.7 Å². The number of nitrogens with zero attached hydrogens (tertiary/aromatic N) is 1. The van der Waals surface area contributed by atoms with E-state index in [4.69, 9.17) is 11.6 Å². The topological polar surface area (TPSA) is 23.5 Å². The fourth-order valence-electron chi connectivity index (χ4n) is 2.76. The molecule has 1 N–H and O–H groups in total. The molecule has 17 heavy (non-hydrogen) atoms. The molecule has 1 aromatic rings. The summed E-state index contributed by atoms with van der Waals surface area (Å²) in [5, 5.41) is 10.3. The molecule has 1 fully saturated rings. The lowest BCUT2D eigenvalue weighted by Gasteiger charge is -2.49. The van der Waals surface area contributed by atoms with Crippen molar-refractivity contribution in [3.63, 3.8) is 0 Å². The Morgan fingerprint density at radius 2 is 2.00 bits per heavy atom. The van der Waals surface area contributed by atoms with Crippen molar-refractivity contribution in [1.29, 1.82) is 0 Å². The van der Waals surface area contributed by atoms with E-state index in [-0.39, 0.29) is 12.1 Å². The molecule has 1 aliphatic rings. The molecule has 1 aromatic carbocycles. The van der Waals surface area contributed by atoms with Crippen molar-refractivity contribution < 1.29 is 5.11 Å². The van der Waals surface area contributed by atoms with E-state index in [0.29, 0.717) is 5.92 Å². The zero-order chi connectivity index (χ0) is 12.5. The van der Waals surface area contributed by atoms with Gasteiger partial charge in [0.05, 0.1) is 0 Å². The van der Waals surface area contributed by atoms with Crippen LogP contribution in [0.3, 0.4) is 0 Å². The summed E-state index contributed by atoms with van der Waals surface area (Å²) >= 11 is 5.92. The molecule has 0 aromatic heterocycles. The van der Waals surface area contributed by atoms with E-state index in [1.165, 1.54) is 5.69 Å². The van der Waals surface area contributed by atoms with Crippen LogP contribution in [0.25, 0.3) is 0 Å². The molecule has 0 aliphatic carbocycles. The maximum absolute atomic E-state index is 9.49. The predicted molar refractivity (Wildman–Crippen MR) is 72.7 cm³/mol. The summed E-state index contributed by atoms with van der Waals surface area (Å²) in [6.45, 7) is 5.73.